The summed E-state index contributed by atoms with van der Waals surface area (Å²) in [5.74, 6) is 0. The average Bonchev–Trinajstić information content (AvgIpc) is 2.50. The van der Waals surface area contributed by atoms with Gasteiger partial charge in [-0.3, -0.25) is 4.68 Å². The van der Waals surface area contributed by atoms with Crippen LogP contribution in [0.25, 0.3) is 0 Å². The molecule has 0 bridgehead atoms. The lowest BCUT2D eigenvalue weighted by molar-refractivity contribution is 0.154. The molecule has 1 unspecified atom stereocenters. The summed E-state index contributed by atoms with van der Waals surface area (Å²) in [5.41, 5.74) is 0.573. The summed E-state index contributed by atoms with van der Waals surface area (Å²) >= 11 is 5.91. The van der Waals surface area contributed by atoms with Crippen molar-refractivity contribution in [2.24, 2.45) is 0 Å². The largest absolute Gasteiger partial charge is 0.394 e. The molecule has 1 rings (SSSR count). The molecular weight excluding hydrogens is 214 g/mol. The van der Waals surface area contributed by atoms with Crippen molar-refractivity contribution in [3.8, 4) is 0 Å². The second-order valence-electron chi connectivity index (χ2n) is 3.98. The highest BCUT2D eigenvalue weighted by molar-refractivity contribution is 6.31. The molecule has 5 heteroatoms. The van der Waals surface area contributed by atoms with E-state index in [0.29, 0.717) is 11.6 Å². The Bertz CT molecular complexity index is 326. The first-order chi connectivity index (χ1) is 7.02. The standard InChI is InChI=1S/C10H18ClN3O/c1-4-12-10(3,7-15)6-14-8(2)9(11)5-13-14/h5,12,15H,4,6-7H2,1-3H3. The monoisotopic (exact) mass is 231 g/mol. The SMILES string of the molecule is CCNC(C)(CO)Cn1ncc(Cl)c1C. The first-order valence-corrected chi connectivity index (χ1v) is 5.44. The van der Waals surface area contributed by atoms with E-state index in [-0.39, 0.29) is 12.1 Å². The lowest BCUT2D eigenvalue weighted by Gasteiger charge is -2.28. The van der Waals surface area contributed by atoms with Crippen molar-refractivity contribution in [2.75, 3.05) is 13.2 Å². The molecule has 0 saturated carbocycles. The number of hydrogen-bond donors (Lipinski definition) is 2. The van der Waals surface area contributed by atoms with Crippen LogP contribution in [0.1, 0.15) is 19.5 Å². The zero-order chi connectivity index (χ0) is 11.5. The van der Waals surface area contributed by atoms with Crippen LogP contribution in [0.5, 0.6) is 0 Å². The fourth-order valence-electron chi connectivity index (χ4n) is 1.50. The van der Waals surface area contributed by atoms with Gasteiger partial charge in [-0.1, -0.05) is 18.5 Å². The van der Waals surface area contributed by atoms with Crippen LogP contribution in [-0.4, -0.2) is 33.6 Å². The normalized spacial score (nSPS) is 15.3. The van der Waals surface area contributed by atoms with Crippen LogP contribution >= 0.6 is 11.6 Å². The predicted octanol–water partition coefficient (Wildman–Crippen LogP) is 1.21. The summed E-state index contributed by atoms with van der Waals surface area (Å²) in [7, 11) is 0. The lowest BCUT2D eigenvalue weighted by Crippen LogP contribution is -2.49. The first-order valence-electron chi connectivity index (χ1n) is 5.06. The van der Waals surface area contributed by atoms with Crippen LogP contribution in [0.4, 0.5) is 0 Å². The van der Waals surface area contributed by atoms with Crippen LogP contribution in [-0.2, 0) is 6.54 Å². The molecule has 0 aromatic carbocycles. The number of aliphatic hydroxyl groups excluding tert-OH is 1. The van der Waals surface area contributed by atoms with E-state index >= 15 is 0 Å². The van der Waals surface area contributed by atoms with Gasteiger partial charge < -0.3 is 10.4 Å². The van der Waals surface area contributed by atoms with Crippen LogP contribution in [0.15, 0.2) is 6.20 Å². The molecule has 0 fully saturated rings. The van der Waals surface area contributed by atoms with Crippen molar-refractivity contribution >= 4 is 11.6 Å². The number of nitrogens with one attached hydrogen (secondary N) is 1. The third-order valence-electron chi connectivity index (χ3n) is 2.49. The minimum absolute atomic E-state index is 0.0672. The maximum Gasteiger partial charge on any atom is 0.0814 e. The van der Waals surface area contributed by atoms with E-state index in [1.54, 1.807) is 10.9 Å². The highest BCUT2D eigenvalue weighted by Gasteiger charge is 2.23. The fourth-order valence-corrected chi connectivity index (χ4v) is 1.64. The molecule has 1 aromatic heterocycles. The number of nitrogens with zero attached hydrogens (tertiary/aromatic N) is 2. The summed E-state index contributed by atoms with van der Waals surface area (Å²) in [6, 6.07) is 0. The van der Waals surface area contributed by atoms with E-state index in [0.717, 1.165) is 12.2 Å². The van der Waals surface area contributed by atoms with Crippen molar-refractivity contribution in [1.82, 2.24) is 15.1 Å². The maximum absolute atomic E-state index is 9.34. The Balaban J connectivity index is 2.79. The Morgan fingerprint density at radius 1 is 1.67 bits per heavy atom. The fraction of sp³-hybridized carbons (Fsp3) is 0.700. The molecule has 0 aliphatic heterocycles. The maximum atomic E-state index is 9.34. The van der Waals surface area contributed by atoms with Crippen LogP contribution in [0.2, 0.25) is 5.02 Å². The molecule has 4 nitrogen and oxygen atoms in total. The molecular formula is C10H18ClN3O. The molecule has 0 aliphatic rings. The van der Waals surface area contributed by atoms with E-state index in [9.17, 15) is 5.11 Å². The third-order valence-corrected chi connectivity index (χ3v) is 2.87. The minimum Gasteiger partial charge on any atom is -0.394 e. The molecule has 0 saturated heterocycles. The van der Waals surface area contributed by atoms with Crippen molar-refractivity contribution in [2.45, 2.75) is 32.9 Å². The number of aliphatic hydroxyl groups is 1. The summed E-state index contributed by atoms with van der Waals surface area (Å²) < 4.78 is 1.81. The molecule has 0 spiro atoms. The highest BCUT2D eigenvalue weighted by atomic mass is 35.5. The number of hydrogen-bond acceptors (Lipinski definition) is 3. The molecule has 2 N–H and O–H groups in total. The predicted molar refractivity (Wildman–Crippen MR) is 61.1 cm³/mol. The van der Waals surface area contributed by atoms with E-state index in [1.807, 2.05) is 20.8 Å². The van der Waals surface area contributed by atoms with Gasteiger partial charge in [0, 0.05) is 0 Å². The van der Waals surface area contributed by atoms with Gasteiger partial charge in [0.1, 0.15) is 0 Å². The molecule has 0 amide bonds. The summed E-state index contributed by atoms with van der Waals surface area (Å²) in [5, 5.41) is 17.4. The van der Waals surface area contributed by atoms with Gasteiger partial charge in [-0.25, -0.2) is 0 Å². The van der Waals surface area contributed by atoms with Gasteiger partial charge in [0.2, 0.25) is 0 Å². The number of aromatic nitrogens is 2. The molecule has 15 heavy (non-hydrogen) atoms. The van der Waals surface area contributed by atoms with Gasteiger partial charge in [0.15, 0.2) is 0 Å². The van der Waals surface area contributed by atoms with E-state index in [1.165, 1.54) is 0 Å². The van der Waals surface area contributed by atoms with Gasteiger partial charge in [-0.15, -0.1) is 0 Å². The van der Waals surface area contributed by atoms with Crippen molar-refractivity contribution in [3.05, 3.63) is 16.9 Å². The van der Waals surface area contributed by atoms with Gasteiger partial charge in [-0.05, 0) is 20.4 Å². The van der Waals surface area contributed by atoms with E-state index in [2.05, 4.69) is 10.4 Å². The van der Waals surface area contributed by atoms with Crippen LogP contribution in [0.3, 0.4) is 0 Å². The average molecular weight is 232 g/mol. The van der Waals surface area contributed by atoms with E-state index in [4.69, 9.17) is 11.6 Å². The molecule has 1 atom stereocenters. The number of rotatable bonds is 5. The van der Waals surface area contributed by atoms with Gasteiger partial charge >= 0.3 is 0 Å². The molecule has 0 radical (unpaired) electrons. The highest BCUT2D eigenvalue weighted by Crippen LogP contribution is 2.16. The molecule has 1 heterocycles. The smallest absolute Gasteiger partial charge is 0.0814 e. The van der Waals surface area contributed by atoms with Crippen LogP contribution in [0, 0.1) is 6.92 Å². The Hall–Kier alpha value is -0.580. The molecule has 0 aliphatic carbocycles. The summed E-state index contributed by atoms with van der Waals surface area (Å²) in [6.45, 7) is 7.38. The van der Waals surface area contributed by atoms with E-state index < -0.39 is 0 Å². The van der Waals surface area contributed by atoms with Crippen molar-refractivity contribution in [3.63, 3.8) is 0 Å². The van der Waals surface area contributed by atoms with Gasteiger partial charge in [0.05, 0.1) is 35.6 Å². The summed E-state index contributed by atoms with van der Waals surface area (Å²) in [6.07, 6.45) is 1.63. The molecule has 86 valence electrons. The van der Waals surface area contributed by atoms with Crippen molar-refractivity contribution in [1.29, 1.82) is 0 Å². The Morgan fingerprint density at radius 2 is 2.33 bits per heavy atom. The summed E-state index contributed by atoms with van der Waals surface area (Å²) in [4.78, 5) is 0. The van der Waals surface area contributed by atoms with Gasteiger partial charge in [0.25, 0.3) is 0 Å². The second-order valence-corrected chi connectivity index (χ2v) is 4.39. The minimum atomic E-state index is -0.352. The van der Waals surface area contributed by atoms with Crippen molar-refractivity contribution < 1.29 is 5.11 Å². The Morgan fingerprint density at radius 3 is 2.73 bits per heavy atom. The quantitative estimate of drug-likeness (QED) is 0.801. The first kappa shape index (κ1) is 12.5. The number of likely N-dealkylation sites (N-methyl/N-ethyl adjacent to an activating group) is 1. The Kier molecular flexibility index (Phi) is 4.13. The third kappa shape index (κ3) is 2.93. The zero-order valence-corrected chi connectivity index (χ0v) is 10.2. The van der Waals surface area contributed by atoms with Crippen LogP contribution < -0.4 is 5.32 Å². The zero-order valence-electron chi connectivity index (χ0n) is 9.42. The number of halogens is 1. The Labute approximate surface area is 95.2 Å². The second kappa shape index (κ2) is 4.96. The molecule has 1 aromatic rings. The lowest BCUT2D eigenvalue weighted by atomic mass is 10.0. The topological polar surface area (TPSA) is 50.1 Å². The van der Waals surface area contributed by atoms with Gasteiger partial charge in [-0.2, -0.15) is 5.10 Å².